The number of ketones is 1. The summed E-state index contributed by atoms with van der Waals surface area (Å²) in [5.74, 6) is -0.736. The van der Waals surface area contributed by atoms with Gasteiger partial charge in [-0.15, -0.1) is 0 Å². The number of hydrogen-bond acceptors (Lipinski definition) is 6. The summed E-state index contributed by atoms with van der Waals surface area (Å²) in [6.07, 6.45) is 1.67. The van der Waals surface area contributed by atoms with E-state index in [-0.39, 0.29) is 30.5 Å². The maximum absolute atomic E-state index is 13.3. The van der Waals surface area contributed by atoms with Crippen molar-refractivity contribution in [1.29, 1.82) is 0 Å². The van der Waals surface area contributed by atoms with Crippen LogP contribution in [0, 0.1) is 22.2 Å². The highest BCUT2D eigenvalue weighted by Gasteiger charge is 2.83. The smallest absolute Gasteiger partial charge is 0.196 e. The van der Waals surface area contributed by atoms with E-state index in [2.05, 4.69) is 13.8 Å². The van der Waals surface area contributed by atoms with Gasteiger partial charge in [-0.05, 0) is 49.9 Å². The average molecular weight is 366 g/mol. The Morgan fingerprint density at radius 2 is 1.69 bits per heavy atom. The Bertz CT molecular complexity index is 690. The number of carbonyl (C=O) groups is 2. The van der Waals surface area contributed by atoms with Gasteiger partial charge in [0, 0.05) is 10.8 Å². The molecule has 4 rings (SSSR count). The Morgan fingerprint density at radius 3 is 2.31 bits per heavy atom. The summed E-state index contributed by atoms with van der Waals surface area (Å²) in [5, 5.41) is 44.4. The molecule has 0 aromatic heterocycles. The van der Waals surface area contributed by atoms with Gasteiger partial charge in [-0.3, -0.25) is 4.79 Å². The van der Waals surface area contributed by atoms with Crippen LogP contribution < -0.4 is 0 Å². The van der Waals surface area contributed by atoms with Crippen molar-refractivity contribution in [2.24, 2.45) is 22.2 Å². The maximum Gasteiger partial charge on any atom is 0.196 e. The Labute approximate surface area is 153 Å². The zero-order chi connectivity index (χ0) is 19.4. The van der Waals surface area contributed by atoms with Crippen LogP contribution in [0.25, 0.3) is 0 Å². The molecule has 4 saturated carbocycles. The van der Waals surface area contributed by atoms with Gasteiger partial charge in [0.15, 0.2) is 17.7 Å². The van der Waals surface area contributed by atoms with Gasteiger partial charge in [0.25, 0.3) is 0 Å². The van der Waals surface area contributed by atoms with Crippen LogP contribution in [0.2, 0.25) is 0 Å². The molecule has 146 valence electrons. The molecule has 0 amide bonds. The second-order valence-corrected chi connectivity index (χ2v) is 10.4. The SMILES string of the molecule is CC1(C)CCC[C@]2(C)C1CC[C@@]13C[C@](O)(C=O)[C@@](O)(C1)C(O)C(=O)[C@]32O. The van der Waals surface area contributed by atoms with Gasteiger partial charge in [-0.1, -0.05) is 27.2 Å². The van der Waals surface area contributed by atoms with Gasteiger partial charge in [0.05, 0.1) is 0 Å². The minimum Gasteiger partial charge on any atom is -0.383 e. The molecule has 6 nitrogen and oxygen atoms in total. The van der Waals surface area contributed by atoms with Crippen LogP contribution in [0.15, 0.2) is 0 Å². The molecule has 0 heterocycles. The molecule has 4 aliphatic rings. The molecule has 0 aromatic carbocycles. The molecule has 0 saturated heterocycles. The van der Waals surface area contributed by atoms with Crippen molar-refractivity contribution in [3.63, 3.8) is 0 Å². The van der Waals surface area contributed by atoms with E-state index in [1.54, 1.807) is 0 Å². The van der Waals surface area contributed by atoms with Crippen LogP contribution in [0.3, 0.4) is 0 Å². The number of aldehydes is 1. The van der Waals surface area contributed by atoms with Gasteiger partial charge < -0.3 is 25.2 Å². The molecular weight excluding hydrogens is 336 g/mol. The van der Waals surface area contributed by atoms with Crippen molar-refractivity contribution < 1.29 is 30.0 Å². The predicted molar refractivity (Wildman–Crippen MR) is 92.1 cm³/mol. The van der Waals surface area contributed by atoms with Gasteiger partial charge in [-0.25, -0.2) is 0 Å². The minimum atomic E-state index is -2.23. The van der Waals surface area contributed by atoms with E-state index in [0.717, 1.165) is 19.3 Å². The van der Waals surface area contributed by atoms with Gasteiger partial charge in [-0.2, -0.15) is 0 Å². The number of fused-ring (bicyclic) bond motifs is 3. The first-order valence-corrected chi connectivity index (χ1v) is 9.70. The number of Topliss-reactive ketones (excluding diaryl/α,β-unsaturated/α-hetero) is 1. The number of carbonyl (C=O) groups excluding carboxylic acids is 2. The van der Waals surface area contributed by atoms with Crippen molar-refractivity contribution in [1.82, 2.24) is 0 Å². The first kappa shape index (κ1) is 18.5. The van der Waals surface area contributed by atoms with E-state index in [4.69, 9.17) is 0 Å². The van der Waals surface area contributed by atoms with Gasteiger partial charge >= 0.3 is 0 Å². The quantitative estimate of drug-likeness (QED) is 0.509. The molecule has 4 N–H and O–H groups in total. The Kier molecular flexibility index (Phi) is 3.40. The highest BCUT2D eigenvalue weighted by Crippen LogP contribution is 2.74. The third-order valence-corrected chi connectivity index (χ3v) is 8.95. The highest BCUT2D eigenvalue weighted by atomic mass is 16.4. The molecule has 26 heavy (non-hydrogen) atoms. The fourth-order valence-corrected chi connectivity index (χ4v) is 7.74. The average Bonchev–Trinajstić information content (AvgIpc) is 2.78. The van der Waals surface area contributed by atoms with E-state index >= 15 is 0 Å². The summed E-state index contributed by atoms with van der Waals surface area (Å²) in [6.45, 7) is 6.24. The van der Waals surface area contributed by atoms with Crippen LogP contribution in [-0.2, 0) is 9.59 Å². The standard InChI is InChI=1S/C20H30O6/c1-15(2)6-4-7-16(3)12(15)5-8-17-9-18(24,11-21)19(25,10-17)13(22)14(23)20(16,17)26/h11-13,22,24-26H,4-10H2,1-3H3/t12?,13?,16-,17-,18+,19-,20-/m1/s1. The second-order valence-electron chi connectivity index (χ2n) is 10.4. The van der Waals surface area contributed by atoms with Crippen molar-refractivity contribution in [3.8, 4) is 0 Å². The first-order chi connectivity index (χ1) is 11.8. The maximum atomic E-state index is 13.3. The van der Waals surface area contributed by atoms with Gasteiger partial charge in [0.2, 0.25) is 0 Å². The molecule has 6 heteroatoms. The summed E-state index contributed by atoms with van der Waals surface area (Å²) >= 11 is 0. The Morgan fingerprint density at radius 1 is 1.04 bits per heavy atom. The molecule has 1 spiro atoms. The molecule has 7 atom stereocenters. The summed E-state index contributed by atoms with van der Waals surface area (Å²) in [6, 6.07) is 0. The zero-order valence-electron chi connectivity index (χ0n) is 15.8. The summed E-state index contributed by atoms with van der Waals surface area (Å²) in [5.41, 5.74) is -8.22. The fourth-order valence-electron chi connectivity index (χ4n) is 7.74. The number of hydrogen-bond donors (Lipinski definition) is 4. The molecule has 2 bridgehead atoms. The van der Waals surface area contributed by atoms with Crippen molar-refractivity contribution >= 4 is 12.1 Å². The third-order valence-electron chi connectivity index (χ3n) is 8.95. The first-order valence-electron chi connectivity index (χ1n) is 9.70. The van der Waals surface area contributed by atoms with E-state index < -0.39 is 39.5 Å². The van der Waals surface area contributed by atoms with Crippen LogP contribution in [-0.4, -0.2) is 55.4 Å². The summed E-state index contributed by atoms with van der Waals surface area (Å²) in [7, 11) is 0. The molecule has 4 fully saturated rings. The third kappa shape index (κ3) is 1.65. The van der Waals surface area contributed by atoms with Crippen molar-refractivity contribution in [2.45, 2.75) is 88.6 Å². The van der Waals surface area contributed by atoms with Gasteiger partial charge in [0.1, 0.15) is 17.3 Å². The Hall–Kier alpha value is -0.820. The van der Waals surface area contributed by atoms with E-state index in [9.17, 15) is 30.0 Å². The lowest BCUT2D eigenvalue weighted by Gasteiger charge is -2.67. The Balaban J connectivity index is 1.94. The van der Waals surface area contributed by atoms with Crippen molar-refractivity contribution in [3.05, 3.63) is 0 Å². The van der Waals surface area contributed by atoms with Crippen LogP contribution in [0.5, 0.6) is 0 Å². The molecular formula is C20H30O6. The molecule has 4 aliphatic carbocycles. The van der Waals surface area contributed by atoms with Crippen LogP contribution in [0.1, 0.15) is 65.7 Å². The minimum absolute atomic E-state index is 0.0527. The number of aliphatic hydroxyl groups excluding tert-OH is 1. The predicted octanol–water partition coefficient (Wildman–Crippen LogP) is 0.729. The molecule has 0 aliphatic heterocycles. The van der Waals surface area contributed by atoms with Crippen LogP contribution >= 0.6 is 0 Å². The largest absolute Gasteiger partial charge is 0.383 e. The fraction of sp³-hybridized carbons (Fsp3) is 0.900. The lowest BCUT2D eigenvalue weighted by atomic mass is 9.38. The van der Waals surface area contributed by atoms with Crippen molar-refractivity contribution in [2.75, 3.05) is 0 Å². The van der Waals surface area contributed by atoms with E-state index in [1.807, 2.05) is 6.92 Å². The number of aliphatic hydroxyl groups is 4. The normalized spacial score (nSPS) is 58.0. The van der Waals surface area contributed by atoms with E-state index in [0.29, 0.717) is 12.8 Å². The topological polar surface area (TPSA) is 115 Å². The zero-order valence-corrected chi connectivity index (χ0v) is 15.8. The summed E-state index contributed by atoms with van der Waals surface area (Å²) < 4.78 is 0. The molecule has 2 unspecified atom stereocenters. The highest BCUT2D eigenvalue weighted by molar-refractivity contribution is 5.97. The second kappa shape index (κ2) is 4.77. The lowest BCUT2D eigenvalue weighted by Crippen LogP contribution is -2.76. The van der Waals surface area contributed by atoms with Crippen LogP contribution in [0.4, 0.5) is 0 Å². The van der Waals surface area contributed by atoms with E-state index in [1.165, 1.54) is 0 Å². The summed E-state index contributed by atoms with van der Waals surface area (Å²) in [4.78, 5) is 25.0. The number of rotatable bonds is 1. The molecule has 0 aromatic rings. The monoisotopic (exact) mass is 366 g/mol. The molecule has 0 radical (unpaired) electrons. The lowest BCUT2D eigenvalue weighted by molar-refractivity contribution is -0.264.